The highest BCUT2D eigenvalue weighted by Gasteiger charge is 2.19. The molecule has 3 N–H and O–H groups in total. The molecule has 3 aromatic rings. The van der Waals surface area contributed by atoms with Crippen LogP contribution in [0.2, 0.25) is 0 Å². The van der Waals surface area contributed by atoms with Gasteiger partial charge in [0.25, 0.3) is 10.0 Å². The molecule has 0 aliphatic rings. The summed E-state index contributed by atoms with van der Waals surface area (Å²) in [4.78, 5) is 11.2. The zero-order valence-electron chi connectivity index (χ0n) is 15.0. The van der Waals surface area contributed by atoms with Crippen molar-refractivity contribution in [3.63, 3.8) is 0 Å². The number of anilines is 3. The first-order valence-electron chi connectivity index (χ1n) is 8.01. The minimum absolute atomic E-state index is 0.0188. The maximum Gasteiger partial charge on any atom is 0.295 e. The quantitative estimate of drug-likeness (QED) is 0.610. The normalized spacial score (nSPS) is 12.2. The van der Waals surface area contributed by atoms with Gasteiger partial charge in [0.05, 0.1) is 11.4 Å². The van der Waals surface area contributed by atoms with Crippen LogP contribution in [-0.2, 0) is 15.4 Å². The van der Waals surface area contributed by atoms with Crippen molar-refractivity contribution in [1.29, 1.82) is 0 Å². The number of rotatable bonds is 5. The first kappa shape index (κ1) is 18.4. The summed E-state index contributed by atoms with van der Waals surface area (Å²) in [7, 11) is -3.75. The van der Waals surface area contributed by atoms with E-state index in [4.69, 9.17) is 0 Å². The molecule has 0 saturated carbocycles. The van der Waals surface area contributed by atoms with Crippen LogP contribution in [0, 0.1) is 6.92 Å². The van der Waals surface area contributed by atoms with Crippen molar-refractivity contribution >= 4 is 37.9 Å². The van der Waals surface area contributed by atoms with Gasteiger partial charge < -0.3 is 10.3 Å². The number of aromatic nitrogens is 3. The summed E-state index contributed by atoms with van der Waals surface area (Å²) in [5.41, 5.74) is 2.86. The first-order chi connectivity index (χ1) is 12.1. The van der Waals surface area contributed by atoms with E-state index in [1.54, 1.807) is 25.1 Å². The summed E-state index contributed by atoms with van der Waals surface area (Å²) in [6, 6.07) is 7.02. The molecule has 0 fully saturated rings. The number of hydrogen-bond acceptors (Lipinski definition) is 6. The van der Waals surface area contributed by atoms with Crippen molar-refractivity contribution in [3.05, 3.63) is 47.2 Å². The molecule has 26 heavy (non-hydrogen) atoms. The highest BCUT2D eigenvalue weighted by Crippen LogP contribution is 2.29. The van der Waals surface area contributed by atoms with Gasteiger partial charge >= 0.3 is 0 Å². The summed E-state index contributed by atoms with van der Waals surface area (Å²) in [6.45, 7) is 8.07. The summed E-state index contributed by atoms with van der Waals surface area (Å²) in [5, 5.41) is 5.89. The number of nitrogens with one attached hydrogen (secondary N) is 3. The van der Waals surface area contributed by atoms with Gasteiger partial charge in [-0.1, -0.05) is 26.8 Å². The van der Waals surface area contributed by atoms with Crippen LogP contribution in [0.5, 0.6) is 0 Å². The van der Waals surface area contributed by atoms with Crippen LogP contribution in [0.25, 0.3) is 0 Å². The lowest BCUT2D eigenvalue weighted by Gasteiger charge is -2.14. The molecule has 7 nitrogen and oxygen atoms in total. The number of thiazole rings is 1. The van der Waals surface area contributed by atoms with Gasteiger partial charge in [0.15, 0.2) is 5.13 Å². The highest BCUT2D eigenvalue weighted by atomic mass is 32.2. The lowest BCUT2D eigenvalue weighted by molar-refractivity contribution is 0.573. The fourth-order valence-corrected chi connectivity index (χ4v) is 4.17. The van der Waals surface area contributed by atoms with Crippen molar-refractivity contribution in [2.24, 2.45) is 0 Å². The van der Waals surface area contributed by atoms with Crippen LogP contribution in [0.15, 0.2) is 41.0 Å². The molecule has 0 atom stereocenters. The molecule has 0 aliphatic heterocycles. The molecular weight excluding hydrogens is 370 g/mol. The van der Waals surface area contributed by atoms with Crippen LogP contribution >= 0.6 is 11.3 Å². The van der Waals surface area contributed by atoms with E-state index in [1.165, 1.54) is 17.5 Å². The second kappa shape index (κ2) is 6.73. The largest absolute Gasteiger partial charge is 0.331 e. The summed E-state index contributed by atoms with van der Waals surface area (Å²) >= 11 is 1.51. The maximum absolute atomic E-state index is 12.4. The molecule has 2 aromatic heterocycles. The first-order valence-corrected chi connectivity index (χ1v) is 10.4. The number of sulfonamides is 1. The van der Waals surface area contributed by atoms with Gasteiger partial charge in [-0.15, -0.1) is 11.3 Å². The fraction of sp³-hybridized carbons (Fsp3) is 0.294. The monoisotopic (exact) mass is 391 g/mol. The van der Waals surface area contributed by atoms with Gasteiger partial charge in [-0.05, 0) is 25.1 Å². The van der Waals surface area contributed by atoms with Crippen molar-refractivity contribution in [3.8, 4) is 0 Å². The average molecular weight is 392 g/mol. The van der Waals surface area contributed by atoms with Gasteiger partial charge in [0.2, 0.25) is 5.16 Å². The predicted octanol–water partition coefficient (Wildman–Crippen LogP) is 4.02. The van der Waals surface area contributed by atoms with Crippen LogP contribution in [-0.4, -0.2) is 23.4 Å². The SMILES string of the molecule is Cc1cnc(S(=O)(=O)Nc2cccc(Nc3nc(C(C)(C)C)cs3)c2)[nH]1. The van der Waals surface area contributed by atoms with Crippen molar-refractivity contribution < 1.29 is 8.42 Å². The number of nitrogens with zero attached hydrogens (tertiary/aromatic N) is 2. The summed E-state index contributed by atoms with van der Waals surface area (Å²) in [5.74, 6) is 0. The molecule has 0 unspecified atom stereocenters. The molecule has 0 spiro atoms. The number of aromatic amines is 1. The Hall–Kier alpha value is -2.39. The Morgan fingerprint density at radius 1 is 1.19 bits per heavy atom. The third-order valence-electron chi connectivity index (χ3n) is 3.57. The van der Waals surface area contributed by atoms with Crippen molar-refractivity contribution in [2.75, 3.05) is 10.0 Å². The van der Waals surface area contributed by atoms with E-state index in [1.807, 2.05) is 11.4 Å². The lowest BCUT2D eigenvalue weighted by Crippen LogP contribution is -2.14. The second-order valence-corrected chi connectivity index (χ2v) is 9.43. The van der Waals surface area contributed by atoms with Crippen LogP contribution in [0.4, 0.5) is 16.5 Å². The zero-order valence-corrected chi connectivity index (χ0v) is 16.6. The number of aryl methyl sites for hydroxylation is 1. The van der Waals surface area contributed by atoms with Crippen molar-refractivity contribution in [1.82, 2.24) is 15.0 Å². The second-order valence-electron chi connectivity index (χ2n) is 6.97. The molecule has 0 radical (unpaired) electrons. The van der Waals surface area contributed by atoms with E-state index in [0.717, 1.165) is 16.5 Å². The summed E-state index contributed by atoms with van der Waals surface area (Å²) in [6.07, 6.45) is 1.47. The Morgan fingerprint density at radius 3 is 2.54 bits per heavy atom. The van der Waals surface area contributed by atoms with Gasteiger partial charge in [-0.3, -0.25) is 4.72 Å². The summed E-state index contributed by atoms with van der Waals surface area (Å²) < 4.78 is 27.3. The molecule has 0 bridgehead atoms. The fourth-order valence-electron chi connectivity index (χ4n) is 2.19. The van der Waals surface area contributed by atoms with Crippen LogP contribution in [0.3, 0.4) is 0 Å². The Morgan fingerprint density at radius 2 is 1.92 bits per heavy atom. The van der Waals surface area contributed by atoms with Crippen LogP contribution in [0.1, 0.15) is 32.2 Å². The van der Waals surface area contributed by atoms with Gasteiger partial charge in [-0.2, -0.15) is 8.42 Å². The molecule has 1 aromatic carbocycles. The number of benzene rings is 1. The Balaban J connectivity index is 1.77. The number of H-pyrrole nitrogens is 1. The molecule has 2 heterocycles. The molecule has 9 heteroatoms. The smallest absolute Gasteiger partial charge is 0.295 e. The molecular formula is C17H21N5O2S2. The molecule has 138 valence electrons. The maximum atomic E-state index is 12.4. The van der Waals surface area contributed by atoms with E-state index in [0.29, 0.717) is 11.4 Å². The van der Waals surface area contributed by atoms with E-state index in [9.17, 15) is 8.42 Å². The molecule has 0 amide bonds. The average Bonchev–Trinajstić information content (AvgIpc) is 3.16. The molecule has 0 aliphatic carbocycles. The zero-order chi connectivity index (χ0) is 18.9. The number of imidazole rings is 1. The van der Waals surface area contributed by atoms with Crippen LogP contribution < -0.4 is 10.0 Å². The predicted molar refractivity (Wildman–Crippen MR) is 105 cm³/mol. The Labute approximate surface area is 157 Å². The number of hydrogen-bond donors (Lipinski definition) is 3. The molecule has 3 rings (SSSR count). The van der Waals surface area contributed by atoms with Crippen molar-refractivity contribution in [2.45, 2.75) is 38.3 Å². The standard InChI is InChI=1S/C17H21N5O2S2/c1-11-9-18-16(19-11)26(23,24)22-13-7-5-6-12(8-13)20-15-21-14(10-25-15)17(2,3)4/h5-10,22H,1-4H3,(H,18,19)(H,20,21). The topological polar surface area (TPSA) is 99.8 Å². The highest BCUT2D eigenvalue weighted by molar-refractivity contribution is 7.92. The third kappa shape index (κ3) is 4.23. The lowest BCUT2D eigenvalue weighted by atomic mass is 9.93. The Kier molecular flexibility index (Phi) is 4.76. The van der Waals surface area contributed by atoms with E-state index in [-0.39, 0.29) is 10.6 Å². The Bertz CT molecular complexity index is 1020. The molecule has 0 saturated heterocycles. The van der Waals surface area contributed by atoms with Gasteiger partial charge in [0.1, 0.15) is 0 Å². The minimum atomic E-state index is -3.75. The van der Waals surface area contributed by atoms with Gasteiger partial charge in [0, 0.05) is 28.4 Å². The van der Waals surface area contributed by atoms with E-state index >= 15 is 0 Å². The van der Waals surface area contributed by atoms with E-state index < -0.39 is 10.0 Å². The van der Waals surface area contributed by atoms with E-state index in [2.05, 4.69) is 45.8 Å². The van der Waals surface area contributed by atoms with Gasteiger partial charge in [-0.25, -0.2) is 9.97 Å². The minimum Gasteiger partial charge on any atom is -0.331 e. The third-order valence-corrected chi connectivity index (χ3v) is 5.55.